The molecular weight excluding hydrogens is 361 g/mol. The van der Waals surface area contributed by atoms with Crippen molar-refractivity contribution in [1.82, 2.24) is 9.97 Å². The first-order valence-corrected chi connectivity index (χ1v) is 10.3. The van der Waals surface area contributed by atoms with Crippen LogP contribution in [0.4, 0.5) is 10.2 Å². The Morgan fingerprint density at radius 2 is 2.22 bits per heavy atom. The summed E-state index contributed by atoms with van der Waals surface area (Å²) < 4.78 is 13.6. The first-order chi connectivity index (χ1) is 13.1. The normalized spacial score (nSPS) is 18.7. The molecule has 1 aliphatic carbocycles. The van der Waals surface area contributed by atoms with Crippen LogP contribution >= 0.6 is 11.8 Å². The Labute approximate surface area is 162 Å². The number of allylic oxidation sites excluding steroid dienone is 1. The third-order valence-electron chi connectivity index (χ3n) is 5.24. The highest BCUT2D eigenvalue weighted by atomic mass is 32.2. The summed E-state index contributed by atoms with van der Waals surface area (Å²) in [6.07, 6.45) is 5.17. The van der Waals surface area contributed by atoms with Crippen LogP contribution in [-0.2, 0) is 17.6 Å². The number of nitrogens with one attached hydrogen (secondary N) is 1. The standard InChI is InChI=1S/C21H22FN3OS/c1-3-12(2)21(26)25-20-19(17-5-4-10-27-17)24-18-15-8-7-14(22)11-13(15)6-9-16(18)23-20/h4,7-8,10-12,17H,3,5-6,9H2,1-2H3,(H,23,25,26). The van der Waals surface area contributed by atoms with Gasteiger partial charge in [-0.1, -0.05) is 19.9 Å². The zero-order chi connectivity index (χ0) is 19.0. The number of fused-ring (bicyclic) bond motifs is 3. The van der Waals surface area contributed by atoms with Crippen LogP contribution in [0.1, 0.15) is 48.9 Å². The Hall–Kier alpha value is -2.21. The summed E-state index contributed by atoms with van der Waals surface area (Å²) in [5, 5.41) is 5.21. The highest BCUT2D eigenvalue weighted by molar-refractivity contribution is 8.02. The van der Waals surface area contributed by atoms with Crippen molar-refractivity contribution < 1.29 is 9.18 Å². The van der Waals surface area contributed by atoms with Crippen LogP contribution < -0.4 is 5.32 Å². The van der Waals surface area contributed by atoms with E-state index in [2.05, 4.69) is 16.8 Å². The fraction of sp³-hybridized carbons (Fsp3) is 0.381. The predicted octanol–water partition coefficient (Wildman–Crippen LogP) is 5.06. The Morgan fingerprint density at radius 3 is 2.96 bits per heavy atom. The molecule has 1 N–H and O–H groups in total. The van der Waals surface area contributed by atoms with E-state index in [1.807, 2.05) is 13.8 Å². The fourth-order valence-corrected chi connectivity index (χ4v) is 4.36. The van der Waals surface area contributed by atoms with Gasteiger partial charge in [-0.25, -0.2) is 14.4 Å². The molecule has 2 unspecified atom stereocenters. The van der Waals surface area contributed by atoms with Crippen molar-refractivity contribution in [2.24, 2.45) is 5.92 Å². The van der Waals surface area contributed by atoms with Crippen molar-refractivity contribution >= 4 is 23.5 Å². The smallest absolute Gasteiger partial charge is 0.228 e. The van der Waals surface area contributed by atoms with Crippen LogP contribution in [0.5, 0.6) is 0 Å². The monoisotopic (exact) mass is 383 g/mol. The Bertz CT molecular complexity index is 920. The lowest BCUT2D eigenvalue weighted by atomic mass is 9.91. The molecule has 140 valence electrons. The number of hydrogen-bond acceptors (Lipinski definition) is 4. The van der Waals surface area contributed by atoms with Crippen molar-refractivity contribution in [1.29, 1.82) is 0 Å². The summed E-state index contributed by atoms with van der Waals surface area (Å²) >= 11 is 1.69. The number of aromatic nitrogens is 2. The van der Waals surface area contributed by atoms with Crippen LogP contribution in [-0.4, -0.2) is 15.9 Å². The molecule has 0 bridgehead atoms. The number of anilines is 1. The van der Waals surface area contributed by atoms with Gasteiger partial charge in [-0.15, -0.1) is 11.8 Å². The summed E-state index contributed by atoms with van der Waals surface area (Å²) in [5.41, 5.74) is 4.41. The third kappa shape index (κ3) is 3.50. The maximum Gasteiger partial charge on any atom is 0.228 e. The zero-order valence-electron chi connectivity index (χ0n) is 15.5. The van der Waals surface area contributed by atoms with E-state index in [4.69, 9.17) is 9.97 Å². The number of carbonyl (C=O) groups excluding carboxylic acids is 1. The summed E-state index contributed by atoms with van der Waals surface area (Å²) in [6.45, 7) is 3.91. The molecule has 0 saturated carbocycles. The number of benzene rings is 1. The van der Waals surface area contributed by atoms with Crippen LogP contribution in [0, 0.1) is 11.7 Å². The largest absolute Gasteiger partial charge is 0.309 e. The minimum atomic E-state index is -0.224. The van der Waals surface area contributed by atoms with Gasteiger partial charge in [0.15, 0.2) is 5.82 Å². The van der Waals surface area contributed by atoms with Gasteiger partial charge in [0.05, 0.1) is 22.3 Å². The molecule has 0 fully saturated rings. The first kappa shape index (κ1) is 18.2. The average molecular weight is 383 g/mol. The number of thioether (sulfide) groups is 1. The highest BCUT2D eigenvalue weighted by Gasteiger charge is 2.27. The Balaban J connectivity index is 1.78. The molecule has 0 spiro atoms. The van der Waals surface area contributed by atoms with E-state index in [0.29, 0.717) is 12.2 Å². The molecule has 0 radical (unpaired) electrons. The van der Waals surface area contributed by atoms with Gasteiger partial charge in [0, 0.05) is 11.5 Å². The second-order valence-corrected chi connectivity index (χ2v) is 8.20. The van der Waals surface area contributed by atoms with E-state index >= 15 is 0 Å². The highest BCUT2D eigenvalue weighted by Crippen LogP contribution is 2.42. The van der Waals surface area contributed by atoms with E-state index in [-0.39, 0.29) is 22.9 Å². The molecular formula is C21H22FN3OS. The lowest BCUT2D eigenvalue weighted by molar-refractivity contribution is -0.119. The minimum absolute atomic E-state index is 0.0257. The number of hydrogen-bond donors (Lipinski definition) is 1. The summed E-state index contributed by atoms with van der Waals surface area (Å²) in [5.74, 6) is 0.250. The number of rotatable bonds is 4. The topological polar surface area (TPSA) is 54.9 Å². The van der Waals surface area contributed by atoms with Gasteiger partial charge in [-0.3, -0.25) is 4.79 Å². The van der Waals surface area contributed by atoms with E-state index in [0.717, 1.165) is 47.5 Å². The van der Waals surface area contributed by atoms with Gasteiger partial charge >= 0.3 is 0 Å². The van der Waals surface area contributed by atoms with Crippen molar-refractivity contribution in [2.75, 3.05) is 5.32 Å². The molecule has 2 heterocycles. The van der Waals surface area contributed by atoms with Crippen LogP contribution in [0.2, 0.25) is 0 Å². The van der Waals surface area contributed by atoms with Gasteiger partial charge in [0.2, 0.25) is 5.91 Å². The van der Waals surface area contributed by atoms with Crippen LogP contribution in [0.3, 0.4) is 0 Å². The van der Waals surface area contributed by atoms with Gasteiger partial charge in [0.25, 0.3) is 0 Å². The minimum Gasteiger partial charge on any atom is -0.309 e. The molecule has 4 rings (SSSR count). The molecule has 6 heteroatoms. The number of amides is 1. The third-order valence-corrected chi connectivity index (χ3v) is 6.34. The lowest BCUT2D eigenvalue weighted by Crippen LogP contribution is -2.23. The predicted molar refractivity (Wildman–Crippen MR) is 107 cm³/mol. The quantitative estimate of drug-likeness (QED) is 0.802. The average Bonchev–Trinajstić information content (AvgIpc) is 3.20. The van der Waals surface area contributed by atoms with E-state index in [1.165, 1.54) is 6.07 Å². The fourth-order valence-electron chi connectivity index (χ4n) is 3.43. The van der Waals surface area contributed by atoms with Crippen molar-refractivity contribution in [2.45, 2.75) is 44.8 Å². The van der Waals surface area contributed by atoms with E-state index in [9.17, 15) is 9.18 Å². The molecule has 1 amide bonds. The molecule has 1 aromatic carbocycles. The Morgan fingerprint density at radius 1 is 1.37 bits per heavy atom. The molecule has 1 aromatic heterocycles. The molecule has 2 aliphatic rings. The van der Waals surface area contributed by atoms with Crippen molar-refractivity contribution in [3.05, 3.63) is 52.5 Å². The molecule has 0 saturated heterocycles. The van der Waals surface area contributed by atoms with Crippen molar-refractivity contribution in [3.63, 3.8) is 0 Å². The molecule has 1 aliphatic heterocycles. The summed E-state index contributed by atoms with van der Waals surface area (Å²) in [7, 11) is 0. The second kappa shape index (κ2) is 7.43. The van der Waals surface area contributed by atoms with Gasteiger partial charge in [-0.05, 0) is 54.9 Å². The van der Waals surface area contributed by atoms with Crippen LogP contribution in [0.25, 0.3) is 11.3 Å². The van der Waals surface area contributed by atoms with Crippen molar-refractivity contribution in [3.8, 4) is 11.3 Å². The SMILES string of the molecule is CCC(C)C(=O)Nc1nc2c(nc1C1CC=CS1)-c1ccc(F)cc1CC2. The molecule has 4 nitrogen and oxygen atoms in total. The molecule has 2 atom stereocenters. The Kier molecular flexibility index (Phi) is 5.00. The number of nitrogens with zero attached hydrogens (tertiary/aromatic N) is 2. The van der Waals surface area contributed by atoms with Gasteiger partial charge in [-0.2, -0.15) is 0 Å². The van der Waals surface area contributed by atoms with Gasteiger partial charge in [0.1, 0.15) is 5.82 Å². The first-order valence-electron chi connectivity index (χ1n) is 9.37. The van der Waals surface area contributed by atoms with E-state index in [1.54, 1.807) is 23.9 Å². The van der Waals surface area contributed by atoms with E-state index < -0.39 is 0 Å². The lowest BCUT2D eigenvalue weighted by Gasteiger charge is -2.23. The zero-order valence-corrected chi connectivity index (χ0v) is 16.3. The number of halogens is 1. The molecule has 2 aromatic rings. The maximum atomic E-state index is 13.6. The number of carbonyl (C=O) groups is 1. The van der Waals surface area contributed by atoms with Crippen LogP contribution in [0.15, 0.2) is 29.7 Å². The maximum absolute atomic E-state index is 13.6. The summed E-state index contributed by atoms with van der Waals surface area (Å²) in [6, 6.07) is 4.85. The second-order valence-electron chi connectivity index (χ2n) is 7.08. The summed E-state index contributed by atoms with van der Waals surface area (Å²) in [4.78, 5) is 22.2. The van der Waals surface area contributed by atoms with Gasteiger partial charge < -0.3 is 5.32 Å². The molecule has 27 heavy (non-hydrogen) atoms. The number of aryl methyl sites for hydroxylation is 2.